The van der Waals surface area contributed by atoms with Gasteiger partial charge in [-0.15, -0.1) is 0 Å². The van der Waals surface area contributed by atoms with Gasteiger partial charge >= 0.3 is 0 Å². The van der Waals surface area contributed by atoms with Crippen molar-refractivity contribution in [3.8, 4) is 0 Å². The molecule has 1 radical (unpaired) electrons. The lowest BCUT2D eigenvalue weighted by Gasteiger charge is -2.23. The molecule has 0 aliphatic carbocycles. The molecule has 3 nitrogen and oxygen atoms in total. The predicted molar refractivity (Wildman–Crippen MR) is 30.9 cm³/mol. The Balaban J connectivity index is 3.58. The lowest BCUT2D eigenvalue weighted by Crippen LogP contribution is -2.43. The molecule has 0 aromatic heterocycles. The highest BCUT2D eigenvalue weighted by Crippen LogP contribution is 2.04. The summed E-state index contributed by atoms with van der Waals surface area (Å²) in [7, 11) is 2.98. The Kier molecular flexibility index (Phi) is 2.97. The lowest BCUT2D eigenvalue weighted by atomic mass is 10.4. The van der Waals surface area contributed by atoms with Gasteiger partial charge < -0.3 is 9.47 Å². The van der Waals surface area contributed by atoms with Crippen LogP contribution in [-0.4, -0.2) is 20.1 Å². The molecule has 0 amide bonds. The minimum absolute atomic E-state index is 1.00. The molecule has 0 atom stereocenters. The summed E-state index contributed by atoms with van der Waals surface area (Å²) in [6.45, 7) is 1.77. The van der Waals surface area contributed by atoms with Gasteiger partial charge in [0.1, 0.15) is 0 Å². The van der Waals surface area contributed by atoms with Gasteiger partial charge in [0.2, 0.25) is 5.91 Å². The van der Waals surface area contributed by atoms with E-state index in [1.807, 2.05) is 0 Å². The Bertz CT molecular complexity index is 53.2. The third-order valence-electron chi connectivity index (χ3n) is 1.04. The lowest BCUT2D eigenvalue weighted by molar-refractivity contribution is -0.176. The molecule has 0 rings (SSSR count). The average molecular weight is 118 g/mol. The maximum Gasteiger partial charge on any atom is 0.227 e. The summed E-state index contributed by atoms with van der Waals surface area (Å²) in [4.78, 5) is 0. The van der Waals surface area contributed by atoms with Gasteiger partial charge in [-0.3, -0.25) is 5.73 Å². The van der Waals surface area contributed by atoms with Crippen LogP contribution in [0.1, 0.15) is 6.92 Å². The fourth-order valence-corrected chi connectivity index (χ4v) is 0.319. The van der Waals surface area contributed by atoms with Crippen LogP contribution in [0.25, 0.3) is 0 Å². The zero-order valence-electron chi connectivity index (χ0n) is 5.47. The Morgan fingerprint density at radius 1 is 1.38 bits per heavy atom. The van der Waals surface area contributed by atoms with Gasteiger partial charge in [0.25, 0.3) is 0 Å². The number of ether oxygens (including phenoxy) is 2. The van der Waals surface area contributed by atoms with Gasteiger partial charge in [-0.25, -0.2) is 0 Å². The molecular formula is C5H12NO2. The van der Waals surface area contributed by atoms with Crippen molar-refractivity contribution in [2.45, 2.75) is 12.8 Å². The van der Waals surface area contributed by atoms with E-state index < -0.39 is 5.91 Å². The van der Waals surface area contributed by atoms with Crippen LogP contribution in [0.3, 0.4) is 0 Å². The van der Waals surface area contributed by atoms with Gasteiger partial charge in [0, 0.05) is 20.6 Å². The highest BCUT2D eigenvalue weighted by atomic mass is 16.7. The van der Waals surface area contributed by atoms with Crippen molar-refractivity contribution in [2.24, 2.45) is 5.73 Å². The SMILES string of the molecule is C[CH]C(N)(OC)OC. The van der Waals surface area contributed by atoms with E-state index in [-0.39, 0.29) is 0 Å². The van der Waals surface area contributed by atoms with Gasteiger partial charge in [-0.2, -0.15) is 0 Å². The number of nitrogens with two attached hydrogens (primary N) is 1. The molecule has 0 aromatic carbocycles. The summed E-state index contributed by atoms with van der Waals surface area (Å²) in [5.74, 6) is -1.00. The van der Waals surface area contributed by atoms with Crippen LogP contribution in [0.4, 0.5) is 0 Å². The summed E-state index contributed by atoms with van der Waals surface area (Å²) in [5.41, 5.74) is 5.40. The van der Waals surface area contributed by atoms with E-state index in [1.165, 1.54) is 14.2 Å². The van der Waals surface area contributed by atoms with Crippen LogP contribution in [0.2, 0.25) is 0 Å². The van der Waals surface area contributed by atoms with Crippen molar-refractivity contribution in [3.05, 3.63) is 6.42 Å². The van der Waals surface area contributed by atoms with E-state index in [0.717, 1.165) is 0 Å². The first-order valence-electron chi connectivity index (χ1n) is 2.38. The van der Waals surface area contributed by atoms with E-state index in [2.05, 4.69) is 0 Å². The maximum atomic E-state index is 5.40. The molecule has 8 heavy (non-hydrogen) atoms. The zero-order valence-corrected chi connectivity index (χ0v) is 5.47. The smallest absolute Gasteiger partial charge is 0.227 e. The van der Waals surface area contributed by atoms with Crippen LogP contribution < -0.4 is 5.73 Å². The summed E-state index contributed by atoms with van der Waals surface area (Å²) >= 11 is 0. The van der Waals surface area contributed by atoms with Crippen molar-refractivity contribution in [1.29, 1.82) is 0 Å². The third-order valence-corrected chi connectivity index (χ3v) is 1.04. The second-order valence-electron chi connectivity index (χ2n) is 1.42. The molecule has 3 heteroatoms. The minimum atomic E-state index is -1.00. The fraction of sp³-hybridized carbons (Fsp3) is 0.800. The fourth-order valence-electron chi connectivity index (χ4n) is 0.319. The van der Waals surface area contributed by atoms with Gasteiger partial charge in [-0.05, 0) is 0 Å². The Hall–Kier alpha value is -0.120. The molecule has 0 heterocycles. The molecule has 0 fully saturated rings. The highest BCUT2D eigenvalue weighted by molar-refractivity contribution is 4.74. The summed E-state index contributed by atoms with van der Waals surface area (Å²) in [6.07, 6.45) is 1.63. The van der Waals surface area contributed by atoms with Gasteiger partial charge in [0.15, 0.2) is 0 Å². The second-order valence-corrected chi connectivity index (χ2v) is 1.42. The van der Waals surface area contributed by atoms with E-state index in [0.29, 0.717) is 0 Å². The number of hydrogen-bond donors (Lipinski definition) is 1. The Labute approximate surface area is 49.8 Å². The van der Waals surface area contributed by atoms with Crippen molar-refractivity contribution in [3.63, 3.8) is 0 Å². The first kappa shape index (κ1) is 7.88. The molecule has 0 saturated heterocycles. The van der Waals surface area contributed by atoms with Crippen LogP contribution in [0.15, 0.2) is 0 Å². The second kappa shape index (κ2) is 3.02. The molecule has 49 valence electrons. The number of hydrogen-bond acceptors (Lipinski definition) is 3. The predicted octanol–water partition coefficient (Wildman–Crippen LogP) is 0.116. The average Bonchev–Trinajstić information content (AvgIpc) is 1.87. The molecule has 2 N–H and O–H groups in total. The Morgan fingerprint density at radius 3 is 1.75 bits per heavy atom. The zero-order chi connectivity index (χ0) is 6.62. The maximum absolute atomic E-state index is 5.40. The minimum Gasteiger partial charge on any atom is -0.341 e. The first-order valence-corrected chi connectivity index (χ1v) is 2.38. The van der Waals surface area contributed by atoms with E-state index in [1.54, 1.807) is 13.3 Å². The van der Waals surface area contributed by atoms with Gasteiger partial charge in [0.05, 0.1) is 0 Å². The van der Waals surface area contributed by atoms with Crippen LogP contribution >= 0.6 is 0 Å². The van der Waals surface area contributed by atoms with E-state index in [9.17, 15) is 0 Å². The summed E-state index contributed by atoms with van der Waals surface area (Å²) in [5, 5.41) is 0. The van der Waals surface area contributed by atoms with Crippen molar-refractivity contribution in [2.75, 3.05) is 14.2 Å². The number of methoxy groups -OCH3 is 2. The largest absolute Gasteiger partial charge is 0.341 e. The van der Waals surface area contributed by atoms with E-state index in [4.69, 9.17) is 15.2 Å². The number of rotatable bonds is 3. The highest BCUT2D eigenvalue weighted by Gasteiger charge is 2.19. The van der Waals surface area contributed by atoms with Crippen LogP contribution in [0.5, 0.6) is 0 Å². The third kappa shape index (κ3) is 1.78. The molecule has 0 spiro atoms. The normalized spacial score (nSPS) is 12.0. The van der Waals surface area contributed by atoms with Crippen molar-refractivity contribution in [1.82, 2.24) is 0 Å². The first-order chi connectivity index (χ1) is 3.68. The monoisotopic (exact) mass is 118 g/mol. The van der Waals surface area contributed by atoms with Crippen molar-refractivity contribution >= 4 is 0 Å². The molecule has 0 aromatic rings. The topological polar surface area (TPSA) is 44.5 Å². The molecule has 0 bridgehead atoms. The molecule has 0 unspecified atom stereocenters. The molecule has 0 aliphatic rings. The summed E-state index contributed by atoms with van der Waals surface area (Å²) in [6, 6.07) is 0. The quantitative estimate of drug-likeness (QED) is 0.535. The van der Waals surface area contributed by atoms with Crippen LogP contribution in [-0.2, 0) is 9.47 Å². The molecule has 0 aliphatic heterocycles. The standard InChI is InChI=1S/C5H12NO2/c1-4-5(6,7-2)8-3/h4H,6H2,1-3H3. The molecule has 0 saturated carbocycles. The summed E-state index contributed by atoms with van der Waals surface area (Å²) < 4.78 is 9.47. The van der Waals surface area contributed by atoms with Crippen molar-refractivity contribution < 1.29 is 9.47 Å². The Morgan fingerprint density at radius 2 is 1.75 bits per heavy atom. The molecular weight excluding hydrogens is 106 g/mol. The van der Waals surface area contributed by atoms with Crippen LogP contribution in [0, 0.1) is 6.42 Å². The van der Waals surface area contributed by atoms with E-state index >= 15 is 0 Å². The van der Waals surface area contributed by atoms with Gasteiger partial charge in [-0.1, -0.05) is 6.92 Å².